The Morgan fingerprint density at radius 2 is 1.08 bits per heavy atom. The number of aromatic nitrogens is 2. The maximum absolute atomic E-state index is 13.0. The SMILES string of the molecule is O=C(CC(=O)OCCCc1coc(-c2ccc(F)cc2)n1)OCCCc1coc(-c2ccc(F)cc2)n1. The van der Waals surface area contributed by atoms with E-state index in [1.54, 1.807) is 24.3 Å². The summed E-state index contributed by atoms with van der Waals surface area (Å²) in [5.41, 5.74) is 2.67. The van der Waals surface area contributed by atoms with Crippen LogP contribution in [0.2, 0.25) is 0 Å². The summed E-state index contributed by atoms with van der Waals surface area (Å²) < 4.78 is 47.0. The number of halogens is 2. The molecule has 0 aliphatic rings. The van der Waals surface area contributed by atoms with Gasteiger partial charge in [0.2, 0.25) is 11.8 Å². The van der Waals surface area contributed by atoms with Crippen LogP contribution in [0.5, 0.6) is 0 Å². The quantitative estimate of drug-likeness (QED) is 0.143. The lowest BCUT2D eigenvalue weighted by Gasteiger charge is -2.05. The first-order valence-corrected chi connectivity index (χ1v) is 11.7. The smallest absolute Gasteiger partial charge is 0.317 e. The predicted molar refractivity (Wildman–Crippen MR) is 127 cm³/mol. The second kappa shape index (κ2) is 12.6. The zero-order chi connectivity index (χ0) is 26.0. The van der Waals surface area contributed by atoms with Crippen molar-refractivity contribution in [3.63, 3.8) is 0 Å². The van der Waals surface area contributed by atoms with Crippen LogP contribution in [0, 0.1) is 11.6 Å². The van der Waals surface area contributed by atoms with Crippen LogP contribution in [0.4, 0.5) is 8.78 Å². The zero-order valence-electron chi connectivity index (χ0n) is 19.8. The molecule has 4 rings (SSSR count). The first kappa shape index (κ1) is 25.7. The first-order valence-electron chi connectivity index (χ1n) is 11.7. The Bertz CT molecular complexity index is 1210. The lowest BCUT2D eigenvalue weighted by Crippen LogP contribution is -2.15. The van der Waals surface area contributed by atoms with Gasteiger partial charge in [-0.2, -0.15) is 0 Å². The van der Waals surface area contributed by atoms with Crippen molar-refractivity contribution >= 4 is 11.9 Å². The molecule has 8 nitrogen and oxygen atoms in total. The van der Waals surface area contributed by atoms with Gasteiger partial charge in [-0.15, -0.1) is 0 Å². The monoisotopic (exact) mass is 510 g/mol. The molecule has 0 unspecified atom stereocenters. The highest BCUT2D eigenvalue weighted by molar-refractivity contribution is 5.91. The van der Waals surface area contributed by atoms with Crippen LogP contribution in [0.3, 0.4) is 0 Å². The number of esters is 2. The van der Waals surface area contributed by atoms with Gasteiger partial charge in [0.05, 0.1) is 24.6 Å². The summed E-state index contributed by atoms with van der Waals surface area (Å²) in [4.78, 5) is 32.4. The van der Waals surface area contributed by atoms with Crippen LogP contribution in [-0.4, -0.2) is 35.1 Å². The average molecular weight is 510 g/mol. The summed E-state index contributed by atoms with van der Waals surface area (Å²) in [7, 11) is 0. The van der Waals surface area contributed by atoms with E-state index in [0.717, 1.165) is 0 Å². The molecule has 4 aromatic rings. The highest BCUT2D eigenvalue weighted by Gasteiger charge is 2.13. The number of hydrogen-bond acceptors (Lipinski definition) is 8. The molecular formula is C27H24F2N2O6. The molecule has 10 heteroatoms. The predicted octanol–water partition coefficient (Wildman–Crippen LogP) is 5.32. The van der Waals surface area contributed by atoms with Crippen molar-refractivity contribution in [1.29, 1.82) is 0 Å². The van der Waals surface area contributed by atoms with Crippen molar-refractivity contribution in [2.45, 2.75) is 32.1 Å². The summed E-state index contributed by atoms with van der Waals surface area (Å²) in [6.45, 7) is 0.237. The number of oxazole rings is 2. The van der Waals surface area contributed by atoms with E-state index in [0.29, 0.717) is 60.0 Å². The lowest BCUT2D eigenvalue weighted by atomic mass is 10.2. The van der Waals surface area contributed by atoms with Gasteiger partial charge in [-0.3, -0.25) is 9.59 Å². The lowest BCUT2D eigenvalue weighted by molar-refractivity contribution is -0.154. The Hall–Kier alpha value is -4.34. The number of aryl methyl sites for hydroxylation is 2. The number of hydrogen-bond donors (Lipinski definition) is 0. The van der Waals surface area contributed by atoms with Gasteiger partial charge in [-0.25, -0.2) is 18.7 Å². The maximum Gasteiger partial charge on any atom is 0.317 e. The number of rotatable bonds is 12. The molecule has 0 saturated carbocycles. The largest absolute Gasteiger partial charge is 0.465 e. The fraction of sp³-hybridized carbons (Fsp3) is 0.259. The molecule has 0 N–H and O–H groups in total. The second-order valence-corrected chi connectivity index (χ2v) is 8.13. The van der Waals surface area contributed by atoms with Gasteiger partial charge < -0.3 is 18.3 Å². The van der Waals surface area contributed by atoms with Gasteiger partial charge in [0.25, 0.3) is 0 Å². The normalized spacial score (nSPS) is 10.9. The van der Waals surface area contributed by atoms with Gasteiger partial charge in [0, 0.05) is 11.1 Å². The minimum atomic E-state index is -0.669. The molecule has 0 bridgehead atoms. The standard InChI is InChI=1S/C27H24F2N2O6/c28-20-9-5-18(6-10-20)26-30-22(16-36-26)3-1-13-34-24(32)15-25(33)35-14-2-4-23-17-37-27(31-23)19-7-11-21(29)12-8-19/h5-12,16-17H,1-4,13-15H2. The molecule has 0 fully saturated rings. The van der Waals surface area contributed by atoms with E-state index in [2.05, 4.69) is 9.97 Å². The number of carbonyl (C=O) groups excluding carboxylic acids is 2. The molecular weight excluding hydrogens is 486 g/mol. The summed E-state index contributed by atoms with van der Waals surface area (Å²) in [5.74, 6) is -1.26. The molecule has 0 atom stereocenters. The van der Waals surface area contributed by atoms with E-state index < -0.39 is 18.4 Å². The molecule has 0 amide bonds. The fourth-order valence-electron chi connectivity index (χ4n) is 3.39. The molecule has 2 aromatic carbocycles. The Balaban J connectivity index is 1.08. The Morgan fingerprint density at radius 3 is 1.49 bits per heavy atom. The van der Waals surface area contributed by atoms with Crippen LogP contribution in [0.15, 0.2) is 69.9 Å². The number of carbonyl (C=O) groups is 2. The van der Waals surface area contributed by atoms with E-state index in [4.69, 9.17) is 18.3 Å². The molecule has 192 valence electrons. The zero-order valence-corrected chi connectivity index (χ0v) is 19.8. The minimum Gasteiger partial charge on any atom is -0.465 e. The molecule has 0 saturated heterocycles. The highest BCUT2D eigenvalue weighted by Crippen LogP contribution is 2.20. The molecule has 2 heterocycles. The molecule has 37 heavy (non-hydrogen) atoms. The molecule has 0 spiro atoms. The Kier molecular flexibility index (Phi) is 8.75. The van der Waals surface area contributed by atoms with Gasteiger partial charge >= 0.3 is 11.9 Å². The third-order valence-corrected chi connectivity index (χ3v) is 5.26. The Morgan fingerprint density at radius 1 is 0.676 bits per heavy atom. The van der Waals surface area contributed by atoms with Crippen molar-refractivity contribution < 1.29 is 36.7 Å². The van der Waals surface area contributed by atoms with Crippen LogP contribution in [-0.2, 0) is 31.9 Å². The van der Waals surface area contributed by atoms with E-state index in [-0.39, 0.29) is 24.8 Å². The van der Waals surface area contributed by atoms with Crippen LogP contribution >= 0.6 is 0 Å². The van der Waals surface area contributed by atoms with Gasteiger partial charge in [-0.1, -0.05) is 0 Å². The van der Waals surface area contributed by atoms with Crippen molar-refractivity contribution in [2.24, 2.45) is 0 Å². The van der Waals surface area contributed by atoms with Crippen LogP contribution in [0.1, 0.15) is 30.7 Å². The fourth-order valence-corrected chi connectivity index (χ4v) is 3.39. The average Bonchev–Trinajstić information content (AvgIpc) is 3.56. The molecule has 2 aromatic heterocycles. The number of nitrogens with zero attached hydrogens (tertiary/aromatic N) is 2. The van der Waals surface area contributed by atoms with Crippen molar-refractivity contribution in [3.8, 4) is 22.9 Å². The highest BCUT2D eigenvalue weighted by atomic mass is 19.1. The third-order valence-electron chi connectivity index (χ3n) is 5.26. The van der Waals surface area contributed by atoms with E-state index in [1.165, 1.54) is 36.8 Å². The van der Waals surface area contributed by atoms with Gasteiger partial charge in [0.15, 0.2) is 0 Å². The van der Waals surface area contributed by atoms with E-state index in [9.17, 15) is 18.4 Å². The van der Waals surface area contributed by atoms with E-state index in [1.807, 2.05) is 0 Å². The van der Waals surface area contributed by atoms with Gasteiger partial charge in [0.1, 0.15) is 30.6 Å². The Labute approximate surface area is 211 Å². The van der Waals surface area contributed by atoms with Crippen molar-refractivity contribution in [2.75, 3.05) is 13.2 Å². The topological polar surface area (TPSA) is 105 Å². The maximum atomic E-state index is 13.0. The second-order valence-electron chi connectivity index (χ2n) is 8.13. The van der Waals surface area contributed by atoms with Crippen LogP contribution < -0.4 is 0 Å². The number of ether oxygens (including phenoxy) is 2. The third kappa shape index (κ3) is 7.83. The van der Waals surface area contributed by atoms with E-state index >= 15 is 0 Å². The van der Waals surface area contributed by atoms with Crippen molar-refractivity contribution in [1.82, 2.24) is 9.97 Å². The molecule has 0 aliphatic heterocycles. The van der Waals surface area contributed by atoms with Gasteiger partial charge in [-0.05, 0) is 74.2 Å². The number of benzene rings is 2. The summed E-state index contributed by atoms with van der Waals surface area (Å²) in [6, 6.07) is 11.6. The molecule has 0 aliphatic carbocycles. The first-order chi connectivity index (χ1) is 18.0. The van der Waals surface area contributed by atoms with Crippen LogP contribution in [0.25, 0.3) is 22.9 Å². The molecule has 0 radical (unpaired) electrons. The summed E-state index contributed by atoms with van der Waals surface area (Å²) >= 11 is 0. The summed E-state index contributed by atoms with van der Waals surface area (Å²) in [6.07, 6.45) is 4.53. The summed E-state index contributed by atoms with van der Waals surface area (Å²) in [5, 5.41) is 0. The van der Waals surface area contributed by atoms with Crippen molar-refractivity contribution in [3.05, 3.63) is 84.1 Å². The minimum absolute atomic E-state index is 0.118.